The second kappa shape index (κ2) is 12.7. The van der Waals surface area contributed by atoms with E-state index in [0.29, 0.717) is 19.6 Å². The highest BCUT2D eigenvalue weighted by Crippen LogP contribution is 2.30. The number of amides is 1. The number of para-hydroxylation sites is 1. The third-order valence-electron chi connectivity index (χ3n) is 8.52. The number of benzene rings is 3. The number of nitrogens with one attached hydrogen (secondary N) is 2. The minimum absolute atomic E-state index is 0.0431. The van der Waals surface area contributed by atoms with Crippen molar-refractivity contribution in [1.82, 2.24) is 30.0 Å². The summed E-state index contributed by atoms with van der Waals surface area (Å²) < 4.78 is 2.32. The van der Waals surface area contributed by atoms with E-state index in [1.807, 2.05) is 0 Å². The van der Waals surface area contributed by atoms with Crippen LogP contribution in [0.1, 0.15) is 53.3 Å². The Morgan fingerprint density at radius 2 is 1.71 bits per heavy atom. The number of aromatic nitrogens is 4. The fourth-order valence-electron chi connectivity index (χ4n) is 6.02. The molecule has 42 heavy (non-hydrogen) atoms. The number of nitrogens with two attached hydrogens (primary N) is 1. The molecule has 3 aromatic carbocycles. The number of primary amides is 1. The molecule has 1 amide bonds. The number of rotatable bonds is 11. The van der Waals surface area contributed by atoms with Crippen LogP contribution < -0.4 is 11.1 Å². The Morgan fingerprint density at radius 3 is 2.45 bits per heavy atom. The lowest BCUT2D eigenvalue weighted by Gasteiger charge is -2.37. The summed E-state index contributed by atoms with van der Waals surface area (Å²) >= 11 is 0. The van der Waals surface area contributed by atoms with E-state index < -0.39 is 0 Å². The van der Waals surface area contributed by atoms with Gasteiger partial charge in [0.1, 0.15) is 5.82 Å². The van der Waals surface area contributed by atoms with E-state index in [0.717, 1.165) is 49.4 Å². The van der Waals surface area contributed by atoms with Gasteiger partial charge in [-0.1, -0.05) is 79.7 Å². The number of H-pyrrole nitrogens is 1. The molecule has 1 aliphatic heterocycles. The van der Waals surface area contributed by atoms with E-state index in [1.165, 1.54) is 27.6 Å². The van der Waals surface area contributed by atoms with Crippen LogP contribution in [0.2, 0.25) is 0 Å². The van der Waals surface area contributed by atoms with Gasteiger partial charge in [-0.25, -0.2) is 0 Å². The molecule has 4 N–H and O–H groups in total. The minimum atomic E-state index is -0.314. The number of nitrogens with zero attached hydrogens (tertiary/aromatic N) is 4. The summed E-state index contributed by atoms with van der Waals surface area (Å²) in [4.78, 5) is 17.7. The Kier molecular flexibility index (Phi) is 8.44. The van der Waals surface area contributed by atoms with Gasteiger partial charge in [0, 0.05) is 36.7 Å². The Bertz CT molecular complexity index is 1610. The molecule has 1 unspecified atom stereocenters. The second-order valence-corrected chi connectivity index (χ2v) is 11.2. The van der Waals surface area contributed by atoms with Crippen LogP contribution in [0.4, 0.5) is 0 Å². The van der Waals surface area contributed by atoms with Crippen LogP contribution in [0, 0.1) is 0 Å². The predicted molar refractivity (Wildman–Crippen MR) is 166 cm³/mol. The second-order valence-electron chi connectivity index (χ2n) is 11.2. The molecule has 1 aliphatic rings. The minimum Gasteiger partial charge on any atom is -0.368 e. The first-order valence-electron chi connectivity index (χ1n) is 14.9. The maximum Gasteiger partial charge on any atom is 0.234 e. The predicted octanol–water partition coefficient (Wildman–Crippen LogP) is 4.55. The molecule has 2 aromatic heterocycles. The summed E-state index contributed by atoms with van der Waals surface area (Å²) in [5.41, 5.74) is 11.8. The van der Waals surface area contributed by atoms with Crippen molar-refractivity contribution >= 4 is 16.8 Å². The van der Waals surface area contributed by atoms with Crippen LogP contribution in [-0.4, -0.2) is 49.8 Å². The molecule has 0 aliphatic carbocycles. The van der Waals surface area contributed by atoms with Gasteiger partial charge in [0.15, 0.2) is 5.82 Å². The highest BCUT2D eigenvalue weighted by Gasteiger charge is 2.32. The van der Waals surface area contributed by atoms with Crippen LogP contribution in [0.25, 0.3) is 10.9 Å². The van der Waals surface area contributed by atoms with E-state index in [-0.39, 0.29) is 18.0 Å². The van der Waals surface area contributed by atoms with Crippen LogP contribution in [0.15, 0.2) is 85.1 Å². The van der Waals surface area contributed by atoms with E-state index in [4.69, 9.17) is 15.9 Å². The molecule has 0 radical (unpaired) electrons. The largest absolute Gasteiger partial charge is 0.368 e. The molecule has 0 bridgehead atoms. The van der Waals surface area contributed by atoms with Crippen LogP contribution in [0.3, 0.4) is 0 Å². The average Bonchev–Trinajstić information content (AvgIpc) is 3.63. The molecule has 0 spiro atoms. The highest BCUT2D eigenvalue weighted by molar-refractivity contribution is 5.83. The zero-order valence-corrected chi connectivity index (χ0v) is 24.2. The molecule has 6 rings (SSSR count). The first-order valence-corrected chi connectivity index (χ1v) is 14.9. The summed E-state index contributed by atoms with van der Waals surface area (Å²) in [6, 6.07) is 27.5. The molecule has 1 fully saturated rings. The SMILES string of the molecule is CCc1ccc(Cn2c(CCc3ccccc3)nnc2[C@@H](Cc2c[nH]c3ccccc23)N2CCC(C(N)=O)NC2)cc1. The first kappa shape index (κ1) is 27.9. The van der Waals surface area contributed by atoms with Crippen molar-refractivity contribution in [2.24, 2.45) is 5.73 Å². The lowest BCUT2D eigenvalue weighted by atomic mass is 10.0. The van der Waals surface area contributed by atoms with Crippen molar-refractivity contribution in [1.29, 1.82) is 0 Å². The van der Waals surface area contributed by atoms with Gasteiger partial charge in [-0.05, 0) is 54.0 Å². The van der Waals surface area contributed by atoms with Crippen molar-refractivity contribution in [3.05, 3.63) is 119 Å². The zero-order valence-electron chi connectivity index (χ0n) is 24.2. The van der Waals surface area contributed by atoms with Crippen LogP contribution in [0.5, 0.6) is 0 Å². The normalized spacial score (nSPS) is 16.5. The number of fused-ring (bicyclic) bond motifs is 1. The molecular weight excluding hydrogens is 522 g/mol. The van der Waals surface area contributed by atoms with Crippen molar-refractivity contribution in [3.8, 4) is 0 Å². The van der Waals surface area contributed by atoms with E-state index in [1.54, 1.807) is 0 Å². The summed E-state index contributed by atoms with van der Waals surface area (Å²) in [5, 5.41) is 14.3. The lowest BCUT2D eigenvalue weighted by Crippen LogP contribution is -2.54. The number of carbonyl (C=O) groups excluding carboxylic acids is 1. The Balaban J connectivity index is 1.37. The lowest BCUT2D eigenvalue weighted by molar-refractivity contribution is -0.121. The highest BCUT2D eigenvalue weighted by atomic mass is 16.1. The van der Waals surface area contributed by atoms with E-state index in [9.17, 15) is 4.79 Å². The summed E-state index contributed by atoms with van der Waals surface area (Å²) in [6.07, 6.45) is 6.24. The van der Waals surface area contributed by atoms with Gasteiger partial charge in [0.25, 0.3) is 0 Å². The maximum atomic E-state index is 11.9. The molecule has 5 aromatic rings. The number of carbonyl (C=O) groups is 1. The van der Waals surface area contributed by atoms with Crippen molar-refractivity contribution in [2.45, 2.75) is 57.7 Å². The van der Waals surface area contributed by atoms with Crippen LogP contribution >= 0.6 is 0 Å². The molecule has 3 heterocycles. The number of aromatic amines is 1. The quantitative estimate of drug-likeness (QED) is 0.220. The molecule has 8 nitrogen and oxygen atoms in total. The summed E-state index contributed by atoms with van der Waals surface area (Å²) in [7, 11) is 0. The van der Waals surface area contributed by atoms with Gasteiger partial charge in [0.05, 0.1) is 18.6 Å². The first-order chi connectivity index (χ1) is 20.6. The maximum absolute atomic E-state index is 11.9. The monoisotopic (exact) mass is 561 g/mol. The molecule has 0 saturated carbocycles. The van der Waals surface area contributed by atoms with E-state index in [2.05, 4.69) is 112 Å². The van der Waals surface area contributed by atoms with Crippen LogP contribution in [-0.2, 0) is 37.0 Å². The van der Waals surface area contributed by atoms with Gasteiger partial charge in [-0.3, -0.25) is 15.0 Å². The topological polar surface area (TPSA) is 105 Å². The average molecular weight is 562 g/mol. The molecule has 216 valence electrons. The smallest absolute Gasteiger partial charge is 0.234 e. The third kappa shape index (κ3) is 6.15. The summed E-state index contributed by atoms with van der Waals surface area (Å²) in [5.74, 6) is 1.63. The molecule has 1 saturated heterocycles. The number of aryl methyl sites for hydroxylation is 3. The fourth-order valence-corrected chi connectivity index (χ4v) is 6.02. The standard InChI is InChI=1S/C34H39N7O/c1-2-24-12-14-26(15-13-24)22-41-32(17-16-25-8-4-3-5-9-25)38-39-34(41)31(40-19-18-30(33(35)42)37-23-40)20-27-21-36-29-11-7-6-10-28(27)29/h3-15,21,30-31,36-37H,2,16-20,22-23H2,1H3,(H2,35,42)/t30?,31-/m1/s1. The Labute approximate surface area is 247 Å². The van der Waals surface area contributed by atoms with Gasteiger partial charge < -0.3 is 15.3 Å². The molecular formula is C34H39N7O. The number of hydrogen-bond donors (Lipinski definition) is 3. The molecule has 2 atom stereocenters. The Hall–Kier alpha value is -4.27. The van der Waals surface area contributed by atoms with Gasteiger partial charge >= 0.3 is 0 Å². The van der Waals surface area contributed by atoms with Gasteiger partial charge in [-0.15, -0.1) is 10.2 Å². The molecule has 8 heteroatoms. The van der Waals surface area contributed by atoms with Gasteiger partial charge in [-0.2, -0.15) is 0 Å². The van der Waals surface area contributed by atoms with Crippen molar-refractivity contribution < 1.29 is 4.79 Å². The summed E-state index contributed by atoms with van der Waals surface area (Å²) in [6.45, 7) is 4.18. The Morgan fingerprint density at radius 1 is 0.952 bits per heavy atom. The third-order valence-corrected chi connectivity index (χ3v) is 8.52. The van der Waals surface area contributed by atoms with Crippen molar-refractivity contribution in [3.63, 3.8) is 0 Å². The van der Waals surface area contributed by atoms with Crippen molar-refractivity contribution in [2.75, 3.05) is 13.2 Å². The van der Waals surface area contributed by atoms with Gasteiger partial charge in [0.2, 0.25) is 5.91 Å². The van der Waals surface area contributed by atoms with E-state index >= 15 is 0 Å². The fraction of sp³-hybridized carbons (Fsp3) is 0.324. The number of hydrogen-bond acceptors (Lipinski definition) is 5. The zero-order chi connectivity index (χ0) is 28.9.